The number of nitrogen functional groups attached to an aromatic ring is 1. The smallest absolute Gasteiger partial charge is 0.340 e. The largest absolute Gasteiger partial charge is 0.465 e. The highest BCUT2D eigenvalue weighted by Crippen LogP contribution is 2.33. The molecule has 0 fully saturated rings. The van der Waals surface area contributed by atoms with Gasteiger partial charge < -0.3 is 10.5 Å². The van der Waals surface area contributed by atoms with Crippen molar-refractivity contribution in [1.82, 2.24) is 4.98 Å². The van der Waals surface area contributed by atoms with Crippen LogP contribution in [0.4, 0.5) is 5.69 Å². The number of ether oxygens (including phenoxy) is 1. The lowest BCUT2D eigenvalue weighted by atomic mass is 10.1. The molecule has 0 spiro atoms. The van der Waals surface area contributed by atoms with Crippen molar-refractivity contribution in [2.45, 2.75) is 23.1 Å². The van der Waals surface area contributed by atoms with E-state index in [1.54, 1.807) is 17.4 Å². The number of methoxy groups -OCH3 is 1. The van der Waals surface area contributed by atoms with Gasteiger partial charge in [-0.1, -0.05) is 11.8 Å². The van der Waals surface area contributed by atoms with E-state index in [2.05, 4.69) is 4.98 Å². The van der Waals surface area contributed by atoms with E-state index in [1.165, 1.54) is 18.9 Å². The Bertz CT molecular complexity index is 623. The fraction of sp³-hybridized carbons (Fsp3) is 0.231. The number of aromatic nitrogens is 1. The summed E-state index contributed by atoms with van der Waals surface area (Å²) >= 11 is 3.10. The van der Waals surface area contributed by atoms with Crippen molar-refractivity contribution in [1.29, 1.82) is 0 Å². The summed E-state index contributed by atoms with van der Waals surface area (Å²) in [6.45, 7) is 3.83. The Morgan fingerprint density at radius 2 is 2.16 bits per heavy atom. The number of benzene rings is 1. The third-order valence-electron chi connectivity index (χ3n) is 2.57. The normalized spacial score (nSPS) is 10.5. The first kappa shape index (κ1) is 13.9. The van der Waals surface area contributed by atoms with Gasteiger partial charge in [0.05, 0.1) is 12.7 Å². The van der Waals surface area contributed by atoms with Gasteiger partial charge in [0, 0.05) is 21.7 Å². The maximum Gasteiger partial charge on any atom is 0.340 e. The first-order valence-corrected chi connectivity index (χ1v) is 7.29. The van der Waals surface area contributed by atoms with Crippen molar-refractivity contribution in [2.24, 2.45) is 0 Å². The fourth-order valence-corrected chi connectivity index (χ4v) is 3.53. The van der Waals surface area contributed by atoms with E-state index in [0.29, 0.717) is 11.3 Å². The summed E-state index contributed by atoms with van der Waals surface area (Å²) in [5.74, 6) is -0.418. The lowest BCUT2D eigenvalue weighted by Gasteiger charge is -2.09. The summed E-state index contributed by atoms with van der Waals surface area (Å²) in [6, 6.07) is 3.69. The van der Waals surface area contributed by atoms with Gasteiger partial charge in [-0.05, 0) is 31.5 Å². The Morgan fingerprint density at radius 1 is 1.42 bits per heavy atom. The fourth-order valence-electron chi connectivity index (χ4n) is 1.58. The Labute approximate surface area is 120 Å². The van der Waals surface area contributed by atoms with Crippen LogP contribution in [0.15, 0.2) is 26.7 Å². The topological polar surface area (TPSA) is 65.2 Å². The van der Waals surface area contributed by atoms with E-state index in [4.69, 9.17) is 10.5 Å². The van der Waals surface area contributed by atoms with Crippen molar-refractivity contribution in [3.8, 4) is 0 Å². The summed E-state index contributed by atoms with van der Waals surface area (Å²) in [5.41, 5.74) is 8.62. The van der Waals surface area contributed by atoms with Crippen molar-refractivity contribution in [3.05, 3.63) is 34.3 Å². The molecule has 0 radical (unpaired) electrons. The average molecular weight is 294 g/mol. The minimum atomic E-state index is -0.418. The highest BCUT2D eigenvalue weighted by Gasteiger charge is 2.14. The second-order valence-corrected chi connectivity index (χ2v) is 6.23. The molecule has 1 aromatic heterocycles. The first-order chi connectivity index (χ1) is 9.01. The third-order valence-corrected chi connectivity index (χ3v) is 4.60. The Balaban J connectivity index is 2.36. The maximum atomic E-state index is 11.7. The van der Waals surface area contributed by atoms with Gasteiger partial charge in [-0.15, -0.1) is 11.3 Å². The van der Waals surface area contributed by atoms with Crippen molar-refractivity contribution < 1.29 is 9.53 Å². The van der Waals surface area contributed by atoms with Gasteiger partial charge in [-0.3, -0.25) is 0 Å². The molecule has 0 saturated carbocycles. The van der Waals surface area contributed by atoms with E-state index in [1.807, 2.05) is 25.3 Å². The maximum absolute atomic E-state index is 11.7. The first-order valence-electron chi connectivity index (χ1n) is 5.59. The van der Waals surface area contributed by atoms with Gasteiger partial charge in [0.15, 0.2) is 4.34 Å². The molecule has 0 saturated heterocycles. The minimum absolute atomic E-state index is 0.401. The molecule has 0 bridgehead atoms. The Hall–Kier alpha value is -1.53. The van der Waals surface area contributed by atoms with Crippen LogP contribution in [0.5, 0.6) is 0 Å². The molecule has 0 unspecified atom stereocenters. The zero-order valence-electron chi connectivity index (χ0n) is 10.9. The molecular weight excluding hydrogens is 280 g/mol. The highest BCUT2D eigenvalue weighted by atomic mass is 32.2. The molecule has 19 heavy (non-hydrogen) atoms. The van der Waals surface area contributed by atoms with Gasteiger partial charge in [0.25, 0.3) is 0 Å². The van der Waals surface area contributed by atoms with Crippen molar-refractivity contribution in [2.75, 3.05) is 12.8 Å². The van der Waals surface area contributed by atoms with Gasteiger partial charge in [-0.25, -0.2) is 9.78 Å². The van der Waals surface area contributed by atoms with E-state index >= 15 is 0 Å². The molecule has 0 atom stereocenters. The Morgan fingerprint density at radius 3 is 2.74 bits per heavy atom. The van der Waals surface area contributed by atoms with Crippen LogP contribution in [-0.4, -0.2) is 18.1 Å². The number of anilines is 1. The number of thiazole rings is 1. The highest BCUT2D eigenvalue weighted by molar-refractivity contribution is 8.01. The van der Waals surface area contributed by atoms with E-state index in [0.717, 1.165) is 20.5 Å². The number of hydrogen-bond donors (Lipinski definition) is 1. The summed E-state index contributed by atoms with van der Waals surface area (Å²) < 4.78 is 5.68. The number of hydrogen-bond acceptors (Lipinski definition) is 6. The van der Waals surface area contributed by atoms with Gasteiger partial charge in [-0.2, -0.15) is 0 Å². The predicted octanol–water partition coefficient (Wildman–Crippen LogP) is 3.28. The molecule has 1 heterocycles. The van der Waals surface area contributed by atoms with Gasteiger partial charge in [0.2, 0.25) is 0 Å². The molecule has 2 aromatic rings. The van der Waals surface area contributed by atoms with Crippen LogP contribution >= 0.6 is 23.1 Å². The predicted molar refractivity (Wildman–Crippen MR) is 77.9 cm³/mol. The molecule has 0 aliphatic carbocycles. The summed E-state index contributed by atoms with van der Waals surface area (Å²) in [5, 5.41) is 1.99. The minimum Gasteiger partial charge on any atom is -0.465 e. The van der Waals surface area contributed by atoms with Crippen LogP contribution in [-0.2, 0) is 4.74 Å². The monoisotopic (exact) mass is 294 g/mol. The van der Waals surface area contributed by atoms with E-state index in [-0.39, 0.29) is 0 Å². The van der Waals surface area contributed by atoms with Gasteiger partial charge in [0.1, 0.15) is 0 Å². The summed E-state index contributed by atoms with van der Waals surface area (Å²) in [6.07, 6.45) is 0. The standard InChI is InChI=1S/C13H14N2O2S2/c1-7-4-9(19-13-15-8(2)6-18-13)5-10(11(7)14)12(16)17-3/h4-6H,14H2,1-3H3. The third kappa shape index (κ3) is 3.08. The second kappa shape index (κ2) is 5.63. The number of carbonyl (C=O) groups excluding carboxylic acids is 1. The molecule has 0 amide bonds. The molecule has 100 valence electrons. The molecule has 2 rings (SSSR count). The van der Waals surface area contributed by atoms with Crippen molar-refractivity contribution in [3.63, 3.8) is 0 Å². The van der Waals surface area contributed by atoms with E-state index in [9.17, 15) is 4.79 Å². The zero-order valence-corrected chi connectivity index (χ0v) is 12.5. The molecular formula is C13H14N2O2S2. The van der Waals surface area contributed by atoms with Crippen LogP contribution in [0.1, 0.15) is 21.6 Å². The number of carbonyl (C=O) groups is 1. The number of nitrogens with zero attached hydrogens (tertiary/aromatic N) is 1. The quantitative estimate of drug-likeness (QED) is 0.695. The number of nitrogens with two attached hydrogens (primary N) is 1. The van der Waals surface area contributed by atoms with Crippen LogP contribution in [0.2, 0.25) is 0 Å². The molecule has 4 nitrogen and oxygen atoms in total. The number of esters is 1. The molecule has 6 heteroatoms. The molecule has 0 aliphatic heterocycles. The lowest BCUT2D eigenvalue weighted by molar-refractivity contribution is 0.0601. The molecule has 2 N–H and O–H groups in total. The van der Waals surface area contributed by atoms with Crippen LogP contribution in [0.25, 0.3) is 0 Å². The molecule has 1 aromatic carbocycles. The van der Waals surface area contributed by atoms with Crippen LogP contribution < -0.4 is 5.73 Å². The number of rotatable bonds is 3. The van der Waals surface area contributed by atoms with Crippen molar-refractivity contribution >= 4 is 34.8 Å². The second-order valence-electron chi connectivity index (χ2n) is 4.05. The Kier molecular flexibility index (Phi) is 4.11. The van der Waals surface area contributed by atoms with Crippen LogP contribution in [0.3, 0.4) is 0 Å². The zero-order chi connectivity index (χ0) is 14.0. The van der Waals surface area contributed by atoms with E-state index < -0.39 is 5.97 Å². The summed E-state index contributed by atoms with van der Waals surface area (Å²) in [4.78, 5) is 17.0. The molecule has 0 aliphatic rings. The van der Waals surface area contributed by atoms with Gasteiger partial charge >= 0.3 is 5.97 Å². The van der Waals surface area contributed by atoms with Crippen LogP contribution in [0, 0.1) is 13.8 Å². The average Bonchev–Trinajstić information content (AvgIpc) is 2.78. The number of aryl methyl sites for hydroxylation is 2. The SMILES string of the molecule is COC(=O)c1cc(Sc2nc(C)cs2)cc(C)c1N. The summed E-state index contributed by atoms with van der Waals surface area (Å²) in [7, 11) is 1.35. The lowest BCUT2D eigenvalue weighted by Crippen LogP contribution is -2.07.